The first-order valence-corrected chi connectivity index (χ1v) is 6.24. The van der Waals surface area contributed by atoms with E-state index in [1.54, 1.807) is 0 Å². The van der Waals surface area contributed by atoms with Crippen molar-refractivity contribution in [3.8, 4) is 0 Å². The van der Waals surface area contributed by atoms with Crippen LogP contribution in [0.5, 0.6) is 0 Å². The van der Waals surface area contributed by atoms with Crippen molar-refractivity contribution in [3.63, 3.8) is 0 Å². The normalized spacial score (nSPS) is 22.9. The number of hydrogen-bond acceptors (Lipinski definition) is 3. The first kappa shape index (κ1) is 11.4. The summed E-state index contributed by atoms with van der Waals surface area (Å²) in [6.45, 7) is 0. The Bertz CT molecular complexity index is 440. The summed E-state index contributed by atoms with van der Waals surface area (Å²) in [6, 6.07) is 9.96. The van der Waals surface area contributed by atoms with Crippen LogP contribution < -0.4 is 5.32 Å². The van der Waals surface area contributed by atoms with Crippen LogP contribution in [0.1, 0.15) is 5.56 Å². The lowest BCUT2D eigenvalue weighted by atomic mass is 10.2. The van der Waals surface area contributed by atoms with E-state index in [0.717, 1.165) is 5.56 Å². The Morgan fingerprint density at radius 3 is 2.69 bits per heavy atom. The number of nitrogens with one attached hydrogen (secondary N) is 1. The number of amides is 1. The summed E-state index contributed by atoms with van der Waals surface area (Å²) in [4.78, 5) is 12.0. The number of thiol groups is 1. The monoisotopic (exact) mass is 249 g/mol. The molecule has 0 spiro atoms. The predicted octanol–water partition coefficient (Wildman–Crippen LogP) is 2.66. The van der Waals surface area contributed by atoms with Gasteiger partial charge in [-0.25, -0.2) is 0 Å². The van der Waals surface area contributed by atoms with Crippen LogP contribution in [-0.2, 0) is 4.79 Å². The lowest BCUT2D eigenvalue weighted by Gasteiger charge is -1.93. The maximum Gasteiger partial charge on any atom is 0.259 e. The molecular weight excluding hydrogens is 238 g/mol. The van der Waals surface area contributed by atoms with Gasteiger partial charge in [-0.05, 0) is 11.6 Å². The number of allylic oxidation sites excluding steroid dienone is 2. The van der Waals surface area contributed by atoms with Crippen LogP contribution in [0.25, 0.3) is 6.08 Å². The smallest absolute Gasteiger partial charge is 0.259 e. The molecule has 1 amide bonds. The van der Waals surface area contributed by atoms with Crippen LogP contribution in [-0.4, -0.2) is 10.6 Å². The molecule has 0 radical (unpaired) electrons. The maximum atomic E-state index is 11.3. The van der Waals surface area contributed by atoms with Crippen LogP contribution in [0.3, 0.4) is 0 Å². The van der Waals surface area contributed by atoms with Gasteiger partial charge in [-0.3, -0.25) is 4.79 Å². The Morgan fingerprint density at radius 2 is 2.06 bits per heavy atom. The number of carbonyl (C=O) groups excluding carboxylic acids is 1. The molecule has 1 aliphatic heterocycles. The molecule has 0 saturated carbocycles. The van der Waals surface area contributed by atoms with E-state index in [1.165, 1.54) is 11.8 Å². The molecule has 1 aromatic carbocycles. The van der Waals surface area contributed by atoms with Crippen LogP contribution in [0.4, 0.5) is 0 Å². The molecule has 4 heteroatoms. The summed E-state index contributed by atoms with van der Waals surface area (Å²) in [7, 11) is 0. The van der Waals surface area contributed by atoms with Gasteiger partial charge in [0.1, 0.15) is 4.71 Å². The Balaban J connectivity index is 2.04. The zero-order valence-corrected chi connectivity index (χ0v) is 10.2. The highest BCUT2D eigenvalue weighted by Crippen LogP contribution is 2.29. The van der Waals surface area contributed by atoms with E-state index in [9.17, 15) is 4.79 Å². The fourth-order valence-corrected chi connectivity index (χ4v) is 2.50. The summed E-state index contributed by atoms with van der Waals surface area (Å²) in [6.07, 6.45) is 5.65. The molecule has 0 aliphatic carbocycles. The summed E-state index contributed by atoms with van der Waals surface area (Å²) < 4.78 is -0.121. The Kier molecular flexibility index (Phi) is 3.74. The van der Waals surface area contributed by atoms with Crippen LogP contribution >= 0.6 is 24.4 Å². The van der Waals surface area contributed by atoms with E-state index >= 15 is 0 Å². The lowest BCUT2D eigenvalue weighted by Crippen LogP contribution is -2.19. The van der Waals surface area contributed by atoms with Gasteiger partial charge < -0.3 is 5.32 Å². The zero-order valence-electron chi connectivity index (χ0n) is 8.46. The minimum atomic E-state index is -0.121. The highest BCUT2D eigenvalue weighted by Gasteiger charge is 2.23. The molecule has 82 valence electrons. The molecule has 0 aromatic heterocycles. The summed E-state index contributed by atoms with van der Waals surface area (Å²) in [5.41, 5.74) is 1.12. The number of thioether (sulfide) groups is 1. The van der Waals surface area contributed by atoms with E-state index in [1.807, 2.05) is 48.6 Å². The topological polar surface area (TPSA) is 29.1 Å². The van der Waals surface area contributed by atoms with Gasteiger partial charge in [0, 0.05) is 0 Å². The quantitative estimate of drug-likeness (QED) is 0.623. The summed E-state index contributed by atoms with van der Waals surface area (Å²) in [5, 5.41) is 2.70. The predicted molar refractivity (Wildman–Crippen MR) is 72.1 cm³/mol. The van der Waals surface area contributed by atoms with Gasteiger partial charge in [0.25, 0.3) is 5.91 Å². The van der Waals surface area contributed by atoms with E-state index < -0.39 is 0 Å². The van der Waals surface area contributed by atoms with Crippen LogP contribution in [0.15, 0.2) is 47.4 Å². The summed E-state index contributed by atoms with van der Waals surface area (Å²) in [5.74, 6) is -0.0530. The van der Waals surface area contributed by atoms with Gasteiger partial charge in [-0.15, -0.1) is 12.6 Å². The Hall–Kier alpha value is -1.13. The third-order valence-corrected chi connectivity index (χ3v) is 3.41. The first-order valence-electron chi connectivity index (χ1n) is 4.85. The first-order chi connectivity index (χ1) is 7.75. The molecule has 1 saturated heterocycles. The van der Waals surface area contributed by atoms with Crippen molar-refractivity contribution in [2.24, 2.45) is 0 Å². The molecule has 1 atom stereocenters. The van der Waals surface area contributed by atoms with Gasteiger partial charge in [0.2, 0.25) is 0 Å². The van der Waals surface area contributed by atoms with Gasteiger partial charge in [-0.1, -0.05) is 54.2 Å². The minimum Gasteiger partial charge on any atom is -0.331 e. The SMILES string of the molecule is O=C1NC(S)S/C1=C\C=C\c1ccccc1. The molecule has 16 heavy (non-hydrogen) atoms. The fraction of sp³-hybridized carbons (Fsp3) is 0.0833. The molecule has 2 rings (SSSR count). The van der Waals surface area contributed by atoms with Crippen molar-refractivity contribution < 1.29 is 4.79 Å². The van der Waals surface area contributed by atoms with Crippen molar-refractivity contribution in [2.45, 2.75) is 4.71 Å². The zero-order chi connectivity index (χ0) is 11.4. The average molecular weight is 249 g/mol. The molecule has 2 nitrogen and oxygen atoms in total. The number of rotatable bonds is 2. The van der Waals surface area contributed by atoms with Crippen molar-refractivity contribution in [1.82, 2.24) is 5.32 Å². The molecule has 1 aliphatic rings. The van der Waals surface area contributed by atoms with Gasteiger partial charge >= 0.3 is 0 Å². The van der Waals surface area contributed by atoms with Gasteiger partial charge in [0.05, 0.1) is 4.91 Å². The van der Waals surface area contributed by atoms with Crippen molar-refractivity contribution >= 4 is 36.4 Å². The Labute approximate surface area is 104 Å². The highest BCUT2D eigenvalue weighted by atomic mass is 32.2. The maximum absolute atomic E-state index is 11.3. The van der Waals surface area contributed by atoms with Crippen LogP contribution in [0, 0.1) is 0 Å². The molecule has 1 N–H and O–H groups in total. The molecule has 1 heterocycles. The van der Waals surface area contributed by atoms with Crippen molar-refractivity contribution in [2.75, 3.05) is 0 Å². The van der Waals surface area contributed by atoms with Gasteiger partial charge in [0.15, 0.2) is 0 Å². The molecule has 1 aromatic rings. The molecule has 1 fully saturated rings. The van der Waals surface area contributed by atoms with Crippen LogP contribution in [0.2, 0.25) is 0 Å². The number of benzene rings is 1. The van der Waals surface area contributed by atoms with Crippen molar-refractivity contribution in [1.29, 1.82) is 0 Å². The largest absolute Gasteiger partial charge is 0.331 e. The standard InChI is InChI=1S/C12H11NOS2/c14-11-10(16-12(15)13-11)8-4-7-9-5-2-1-3-6-9/h1-8,12,15H,(H,13,14)/b7-4+,10-8-. The van der Waals surface area contributed by atoms with Crippen molar-refractivity contribution in [3.05, 3.63) is 53.0 Å². The number of carbonyl (C=O) groups is 1. The lowest BCUT2D eigenvalue weighted by molar-refractivity contribution is -0.116. The third kappa shape index (κ3) is 2.93. The van der Waals surface area contributed by atoms with E-state index in [2.05, 4.69) is 17.9 Å². The van der Waals surface area contributed by atoms with E-state index in [4.69, 9.17) is 0 Å². The Morgan fingerprint density at radius 1 is 1.31 bits per heavy atom. The second-order valence-electron chi connectivity index (χ2n) is 3.24. The highest BCUT2D eigenvalue weighted by molar-refractivity contribution is 8.14. The van der Waals surface area contributed by atoms with E-state index in [-0.39, 0.29) is 10.6 Å². The van der Waals surface area contributed by atoms with E-state index in [0.29, 0.717) is 4.91 Å². The minimum absolute atomic E-state index is 0.0530. The second kappa shape index (κ2) is 5.27. The molecular formula is C12H11NOS2. The second-order valence-corrected chi connectivity index (χ2v) is 5.26. The molecule has 0 bridgehead atoms. The van der Waals surface area contributed by atoms with Gasteiger partial charge in [-0.2, -0.15) is 0 Å². The summed E-state index contributed by atoms with van der Waals surface area (Å²) >= 11 is 5.59. The third-order valence-electron chi connectivity index (χ3n) is 2.05. The number of hydrogen-bond donors (Lipinski definition) is 2. The average Bonchev–Trinajstić information content (AvgIpc) is 2.59. The molecule has 1 unspecified atom stereocenters. The fourth-order valence-electron chi connectivity index (χ4n) is 1.31.